The Labute approximate surface area is 125 Å². The first-order valence-corrected chi connectivity index (χ1v) is 7.22. The van der Waals surface area contributed by atoms with Gasteiger partial charge in [0.2, 0.25) is 0 Å². The maximum atomic E-state index is 12.2. The highest BCUT2D eigenvalue weighted by Crippen LogP contribution is 2.18. The van der Waals surface area contributed by atoms with Crippen LogP contribution >= 0.6 is 0 Å². The summed E-state index contributed by atoms with van der Waals surface area (Å²) in [4.78, 5) is 16.3. The molecule has 1 heterocycles. The smallest absolute Gasteiger partial charge is 0.252 e. The summed E-state index contributed by atoms with van der Waals surface area (Å²) >= 11 is 0. The van der Waals surface area contributed by atoms with E-state index in [1.54, 1.807) is 12.4 Å². The summed E-state index contributed by atoms with van der Waals surface area (Å²) in [5, 5.41) is 6.18. The van der Waals surface area contributed by atoms with E-state index in [4.69, 9.17) is 0 Å². The van der Waals surface area contributed by atoms with Crippen molar-refractivity contribution >= 4 is 5.91 Å². The number of hydrogen-bond donors (Lipinski definition) is 2. The number of nitrogens with zero attached hydrogens (tertiary/aromatic N) is 1. The molecule has 4 heteroatoms. The van der Waals surface area contributed by atoms with Gasteiger partial charge in [-0.15, -0.1) is 0 Å². The van der Waals surface area contributed by atoms with Crippen molar-refractivity contribution in [3.05, 3.63) is 54.4 Å². The van der Waals surface area contributed by atoms with Gasteiger partial charge < -0.3 is 10.6 Å². The molecule has 0 aliphatic rings. The third kappa shape index (κ3) is 4.39. The molecule has 21 heavy (non-hydrogen) atoms. The van der Waals surface area contributed by atoms with Crippen LogP contribution in [0.4, 0.5) is 0 Å². The Kier molecular flexibility index (Phi) is 5.46. The largest absolute Gasteiger partial charge is 0.350 e. The normalized spacial score (nSPS) is 11.9. The Morgan fingerprint density at radius 3 is 2.67 bits per heavy atom. The fourth-order valence-corrected chi connectivity index (χ4v) is 2.12. The van der Waals surface area contributed by atoms with E-state index in [2.05, 4.69) is 15.6 Å². The molecule has 1 amide bonds. The summed E-state index contributed by atoms with van der Waals surface area (Å²) < 4.78 is 0. The van der Waals surface area contributed by atoms with Gasteiger partial charge in [-0.3, -0.25) is 9.78 Å². The summed E-state index contributed by atoms with van der Waals surface area (Å²) in [5.41, 5.74) is 2.59. The summed E-state index contributed by atoms with van der Waals surface area (Å²) in [6, 6.07) is 12.0. The van der Waals surface area contributed by atoms with Gasteiger partial charge in [-0.2, -0.15) is 0 Å². The molecule has 2 rings (SSSR count). The van der Waals surface area contributed by atoms with Crippen LogP contribution in [0.2, 0.25) is 0 Å². The van der Waals surface area contributed by atoms with Crippen molar-refractivity contribution in [3.63, 3.8) is 0 Å². The number of rotatable bonds is 6. The van der Waals surface area contributed by atoms with Crippen LogP contribution in [0.15, 0.2) is 48.8 Å². The highest BCUT2D eigenvalue weighted by Gasteiger charge is 2.09. The van der Waals surface area contributed by atoms with Gasteiger partial charge >= 0.3 is 0 Å². The van der Waals surface area contributed by atoms with Crippen molar-refractivity contribution in [2.24, 2.45) is 0 Å². The molecule has 2 aromatic rings. The molecule has 0 spiro atoms. The zero-order valence-electron chi connectivity index (χ0n) is 12.5. The van der Waals surface area contributed by atoms with Crippen LogP contribution in [0.3, 0.4) is 0 Å². The molecule has 0 unspecified atom stereocenters. The molecule has 0 saturated carbocycles. The number of carbonyl (C=O) groups is 1. The first kappa shape index (κ1) is 15.2. The number of hydrogen-bond acceptors (Lipinski definition) is 3. The number of pyridine rings is 1. The van der Waals surface area contributed by atoms with Crippen molar-refractivity contribution in [2.75, 3.05) is 13.1 Å². The minimum absolute atomic E-state index is 0.0926. The summed E-state index contributed by atoms with van der Waals surface area (Å²) in [6.07, 6.45) is 3.37. The highest BCUT2D eigenvalue weighted by molar-refractivity contribution is 5.95. The number of amides is 1. The van der Waals surface area contributed by atoms with Gasteiger partial charge in [-0.25, -0.2) is 0 Å². The van der Waals surface area contributed by atoms with Gasteiger partial charge in [-0.05, 0) is 25.1 Å². The van der Waals surface area contributed by atoms with Crippen LogP contribution in [0, 0.1) is 0 Å². The number of nitrogens with one attached hydrogen (secondary N) is 2. The number of benzene rings is 1. The third-order valence-electron chi connectivity index (χ3n) is 3.23. The molecule has 0 fully saturated rings. The van der Waals surface area contributed by atoms with E-state index in [0.29, 0.717) is 12.1 Å². The zero-order valence-corrected chi connectivity index (χ0v) is 12.5. The quantitative estimate of drug-likeness (QED) is 0.856. The maximum Gasteiger partial charge on any atom is 0.252 e. The number of aromatic nitrogens is 1. The second-order valence-electron chi connectivity index (χ2n) is 5.00. The fourth-order valence-electron chi connectivity index (χ4n) is 2.12. The molecule has 0 aliphatic carbocycles. The Morgan fingerprint density at radius 1 is 1.19 bits per heavy atom. The van der Waals surface area contributed by atoms with E-state index in [9.17, 15) is 4.79 Å². The average Bonchev–Trinajstić information content (AvgIpc) is 2.54. The molecule has 4 nitrogen and oxygen atoms in total. The lowest BCUT2D eigenvalue weighted by Crippen LogP contribution is -2.38. The van der Waals surface area contributed by atoms with Crippen molar-refractivity contribution in [3.8, 4) is 11.1 Å². The molecule has 1 atom stereocenters. The van der Waals surface area contributed by atoms with E-state index in [1.807, 2.05) is 50.2 Å². The van der Waals surface area contributed by atoms with Gasteiger partial charge in [-0.1, -0.05) is 37.3 Å². The standard InChI is InChI=1S/C17H21N3O/c1-3-19-13(2)10-20-17(21)16-9-15(11-18-12-16)14-7-5-4-6-8-14/h4-9,11-13,19H,3,10H2,1-2H3,(H,20,21)/t13-/m1/s1. The molecule has 1 aromatic heterocycles. The molecular weight excluding hydrogens is 262 g/mol. The zero-order chi connectivity index (χ0) is 15.1. The lowest BCUT2D eigenvalue weighted by Gasteiger charge is -2.13. The number of likely N-dealkylation sites (N-methyl/N-ethyl adjacent to an activating group) is 1. The van der Waals surface area contributed by atoms with Gasteiger partial charge in [0, 0.05) is 30.5 Å². The van der Waals surface area contributed by atoms with Gasteiger partial charge in [0.05, 0.1) is 5.56 Å². The lowest BCUT2D eigenvalue weighted by atomic mass is 10.1. The van der Waals surface area contributed by atoms with Crippen molar-refractivity contribution < 1.29 is 4.79 Å². The van der Waals surface area contributed by atoms with E-state index < -0.39 is 0 Å². The summed E-state index contributed by atoms with van der Waals surface area (Å²) in [5.74, 6) is -0.0926. The van der Waals surface area contributed by atoms with E-state index in [1.165, 1.54) is 0 Å². The third-order valence-corrected chi connectivity index (χ3v) is 3.23. The fraction of sp³-hybridized carbons (Fsp3) is 0.294. The molecule has 0 saturated heterocycles. The van der Waals surface area contributed by atoms with E-state index >= 15 is 0 Å². The topological polar surface area (TPSA) is 54.0 Å². The Morgan fingerprint density at radius 2 is 1.95 bits per heavy atom. The van der Waals surface area contributed by atoms with Crippen LogP contribution in [0.25, 0.3) is 11.1 Å². The predicted molar refractivity (Wildman–Crippen MR) is 85.1 cm³/mol. The van der Waals surface area contributed by atoms with Crippen LogP contribution in [0.5, 0.6) is 0 Å². The molecule has 0 aliphatic heterocycles. The summed E-state index contributed by atoms with van der Waals surface area (Å²) in [7, 11) is 0. The van der Waals surface area contributed by atoms with Crippen LogP contribution in [0.1, 0.15) is 24.2 Å². The minimum Gasteiger partial charge on any atom is -0.350 e. The Balaban J connectivity index is 2.05. The second-order valence-corrected chi connectivity index (χ2v) is 5.00. The predicted octanol–water partition coefficient (Wildman–Crippen LogP) is 2.48. The first-order valence-electron chi connectivity index (χ1n) is 7.22. The van der Waals surface area contributed by atoms with Gasteiger partial charge in [0.15, 0.2) is 0 Å². The Bertz CT molecular complexity index is 584. The molecule has 110 valence electrons. The molecule has 2 N–H and O–H groups in total. The van der Waals surface area contributed by atoms with E-state index in [-0.39, 0.29) is 11.9 Å². The summed E-state index contributed by atoms with van der Waals surface area (Å²) in [6.45, 7) is 5.58. The van der Waals surface area contributed by atoms with E-state index in [0.717, 1.165) is 17.7 Å². The van der Waals surface area contributed by atoms with Crippen molar-refractivity contribution in [2.45, 2.75) is 19.9 Å². The SMILES string of the molecule is CCN[C@H](C)CNC(=O)c1cncc(-c2ccccc2)c1. The lowest BCUT2D eigenvalue weighted by molar-refractivity contribution is 0.0950. The van der Waals surface area contributed by atoms with Gasteiger partial charge in [0.25, 0.3) is 5.91 Å². The van der Waals surface area contributed by atoms with Crippen LogP contribution in [-0.2, 0) is 0 Å². The first-order chi connectivity index (χ1) is 10.2. The van der Waals surface area contributed by atoms with Crippen molar-refractivity contribution in [1.29, 1.82) is 0 Å². The van der Waals surface area contributed by atoms with Crippen molar-refractivity contribution in [1.82, 2.24) is 15.6 Å². The molecule has 0 radical (unpaired) electrons. The average molecular weight is 283 g/mol. The molecule has 0 bridgehead atoms. The maximum absolute atomic E-state index is 12.2. The van der Waals surface area contributed by atoms with Gasteiger partial charge in [0.1, 0.15) is 0 Å². The van der Waals surface area contributed by atoms with Crippen LogP contribution in [-0.4, -0.2) is 30.0 Å². The molecule has 1 aromatic carbocycles. The minimum atomic E-state index is -0.0926. The Hall–Kier alpha value is -2.20. The van der Waals surface area contributed by atoms with Crippen LogP contribution < -0.4 is 10.6 Å². The molecular formula is C17H21N3O. The second kappa shape index (κ2) is 7.55. The highest BCUT2D eigenvalue weighted by atomic mass is 16.1. The number of carbonyl (C=O) groups excluding carboxylic acids is 1. The monoisotopic (exact) mass is 283 g/mol.